The Kier molecular flexibility index (Phi) is 10.9. The van der Waals surface area contributed by atoms with Crippen LogP contribution in [0.1, 0.15) is 45.2 Å². The van der Waals surface area contributed by atoms with Gasteiger partial charge in [-0.05, 0) is 88.2 Å². The van der Waals surface area contributed by atoms with Crippen molar-refractivity contribution in [2.45, 2.75) is 64.6 Å². The maximum Gasteiger partial charge on any atom is 0.264 e. The van der Waals surface area contributed by atoms with Crippen molar-refractivity contribution in [2.24, 2.45) is 0 Å². The van der Waals surface area contributed by atoms with Crippen molar-refractivity contribution in [3.63, 3.8) is 0 Å². The Morgan fingerprint density at radius 2 is 1.54 bits per heavy atom. The maximum absolute atomic E-state index is 13.9. The van der Waals surface area contributed by atoms with Gasteiger partial charge in [0.25, 0.3) is 10.0 Å². The lowest BCUT2D eigenvalue weighted by Crippen LogP contribution is -2.52. The molecule has 1 N–H and O–H groups in total. The molecule has 0 fully saturated rings. The lowest BCUT2D eigenvalue weighted by molar-refractivity contribution is -0.139. The van der Waals surface area contributed by atoms with Crippen LogP contribution in [0.25, 0.3) is 0 Å². The Balaban J connectivity index is 2.02. The molecule has 8 nitrogen and oxygen atoms in total. The minimum absolute atomic E-state index is 0.0180. The number of halogens is 1. The van der Waals surface area contributed by atoms with E-state index >= 15 is 0 Å². The molecule has 3 aromatic rings. The number of carbonyl (C=O) groups excluding carboxylic acids is 2. The summed E-state index contributed by atoms with van der Waals surface area (Å²) < 4.78 is 47.9. The molecule has 0 spiro atoms. The van der Waals surface area contributed by atoms with Crippen molar-refractivity contribution < 1.29 is 27.1 Å². The quantitative estimate of drug-likeness (QED) is 0.304. The molecular weight excluding hydrogens is 545 g/mol. The molecule has 0 saturated carbocycles. The average Bonchev–Trinajstić information content (AvgIpc) is 2.95. The molecule has 0 aliphatic rings. The van der Waals surface area contributed by atoms with E-state index in [2.05, 4.69) is 5.32 Å². The van der Waals surface area contributed by atoms with Crippen LogP contribution in [-0.2, 0) is 26.2 Å². The van der Waals surface area contributed by atoms with Gasteiger partial charge >= 0.3 is 0 Å². The van der Waals surface area contributed by atoms with E-state index in [1.54, 1.807) is 43.3 Å². The van der Waals surface area contributed by atoms with E-state index in [4.69, 9.17) is 4.74 Å². The number of hydrogen-bond acceptors (Lipinski definition) is 5. The third-order valence-corrected chi connectivity index (χ3v) is 8.55. The second kappa shape index (κ2) is 14.1. The lowest BCUT2D eigenvalue weighted by Gasteiger charge is -2.32. The first-order valence-electron chi connectivity index (χ1n) is 13.6. The summed E-state index contributed by atoms with van der Waals surface area (Å²) in [5, 5.41) is 2.89. The minimum Gasteiger partial charge on any atom is -0.494 e. The van der Waals surface area contributed by atoms with Crippen molar-refractivity contribution in [2.75, 3.05) is 17.5 Å². The van der Waals surface area contributed by atoms with Crippen molar-refractivity contribution in [3.05, 3.63) is 89.7 Å². The number of carbonyl (C=O) groups is 2. The fourth-order valence-corrected chi connectivity index (χ4v) is 5.49. The van der Waals surface area contributed by atoms with Gasteiger partial charge in [0.15, 0.2) is 0 Å². The first-order valence-corrected chi connectivity index (χ1v) is 15.1. The molecule has 0 bridgehead atoms. The Hall–Kier alpha value is -3.92. The number of ether oxygens (including phenoxy) is 1. The van der Waals surface area contributed by atoms with Crippen LogP contribution < -0.4 is 14.4 Å². The van der Waals surface area contributed by atoms with E-state index in [9.17, 15) is 22.4 Å². The third kappa shape index (κ3) is 8.29. The number of sulfonamides is 1. The second-order valence-corrected chi connectivity index (χ2v) is 11.8. The number of anilines is 1. The van der Waals surface area contributed by atoms with Gasteiger partial charge < -0.3 is 15.0 Å². The van der Waals surface area contributed by atoms with E-state index in [0.29, 0.717) is 24.3 Å². The van der Waals surface area contributed by atoms with Crippen LogP contribution in [0, 0.1) is 12.7 Å². The zero-order valence-corrected chi connectivity index (χ0v) is 24.9. The van der Waals surface area contributed by atoms with E-state index in [-0.39, 0.29) is 29.1 Å². The smallest absolute Gasteiger partial charge is 0.264 e. The van der Waals surface area contributed by atoms with Crippen molar-refractivity contribution in [1.29, 1.82) is 0 Å². The minimum atomic E-state index is -4.18. The highest BCUT2D eigenvalue weighted by atomic mass is 32.2. The number of rotatable bonds is 13. The molecule has 0 aliphatic carbocycles. The Morgan fingerprint density at radius 1 is 0.927 bits per heavy atom. The summed E-state index contributed by atoms with van der Waals surface area (Å²) in [6.45, 7) is 8.94. The number of hydrogen-bond donors (Lipinski definition) is 1. The molecule has 2 unspecified atom stereocenters. The number of aryl methyl sites for hydroxylation is 1. The van der Waals surface area contributed by atoms with Crippen LogP contribution in [0.2, 0.25) is 0 Å². The lowest BCUT2D eigenvalue weighted by atomic mass is 10.1. The van der Waals surface area contributed by atoms with E-state index in [0.717, 1.165) is 9.87 Å². The highest BCUT2D eigenvalue weighted by Gasteiger charge is 2.32. The Bertz CT molecular complexity index is 1410. The van der Waals surface area contributed by atoms with Crippen LogP contribution in [-0.4, -0.2) is 50.4 Å². The number of nitrogens with zero attached hydrogens (tertiary/aromatic N) is 2. The van der Waals surface area contributed by atoms with Gasteiger partial charge in [-0.2, -0.15) is 0 Å². The summed E-state index contributed by atoms with van der Waals surface area (Å²) in [5.74, 6) is -0.835. The van der Waals surface area contributed by atoms with E-state index in [1.807, 2.05) is 27.7 Å². The summed E-state index contributed by atoms with van der Waals surface area (Å²) >= 11 is 0. The molecule has 10 heteroatoms. The van der Waals surface area contributed by atoms with Gasteiger partial charge in [-0.25, -0.2) is 12.8 Å². The molecule has 220 valence electrons. The molecule has 2 amide bonds. The van der Waals surface area contributed by atoms with Crippen LogP contribution in [0.5, 0.6) is 5.75 Å². The fourth-order valence-electron chi connectivity index (χ4n) is 4.08. The molecule has 0 radical (unpaired) electrons. The van der Waals surface area contributed by atoms with Crippen LogP contribution in [0.15, 0.2) is 77.7 Å². The highest BCUT2D eigenvalue weighted by Crippen LogP contribution is 2.27. The van der Waals surface area contributed by atoms with Gasteiger partial charge in [0, 0.05) is 12.6 Å². The number of nitrogens with one attached hydrogen (secondary N) is 1. The maximum atomic E-state index is 13.9. The van der Waals surface area contributed by atoms with Gasteiger partial charge in [-0.15, -0.1) is 0 Å². The van der Waals surface area contributed by atoms with Crippen LogP contribution in [0.3, 0.4) is 0 Å². The van der Waals surface area contributed by atoms with E-state index in [1.165, 1.54) is 41.3 Å². The largest absolute Gasteiger partial charge is 0.494 e. The Labute approximate surface area is 242 Å². The van der Waals surface area contributed by atoms with Gasteiger partial charge in [-0.3, -0.25) is 13.9 Å². The molecule has 0 heterocycles. The van der Waals surface area contributed by atoms with E-state index < -0.39 is 34.3 Å². The van der Waals surface area contributed by atoms with Gasteiger partial charge in [0.1, 0.15) is 24.2 Å². The summed E-state index contributed by atoms with van der Waals surface area (Å²) in [4.78, 5) is 28.4. The van der Waals surface area contributed by atoms with Gasteiger partial charge in [0.2, 0.25) is 11.8 Å². The molecule has 3 aromatic carbocycles. The molecule has 0 aliphatic heterocycles. The molecule has 3 rings (SSSR count). The van der Waals surface area contributed by atoms with Crippen molar-refractivity contribution in [3.8, 4) is 5.75 Å². The standard InChI is InChI=1S/C31H38FN3O5S/c1-6-23(4)33-31(37)24(5)34(20-25-10-12-26(32)13-11-25)30(36)21-35(27-14-16-28(17-15-27)40-7-2)41(38,39)29-18-8-22(3)9-19-29/h8-19,23-24H,6-7,20-21H2,1-5H3,(H,33,37). The summed E-state index contributed by atoms with van der Waals surface area (Å²) in [5.41, 5.74) is 1.75. The summed E-state index contributed by atoms with van der Waals surface area (Å²) in [6, 6.07) is 17.4. The molecule has 2 atom stereocenters. The third-order valence-electron chi connectivity index (χ3n) is 6.76. The van der Waals surface area contributed by atoms with Crippen molar-refractivity contribution >= 4 is 27.5 Å². The zero-order chi connectivity index (χ0) is 30.2. The first-order chi connectivity index (χ1) is 19.5. The monoisotopic (exact) mass is 583 g/mol. The summed E-state index contributed by atoms with van der Waals surface area (Å²) in [7, 11) is -4.18. The molecule has 0 saturated heterocycles. The van der Waals surface area contributed by atoms with Crippen LogP contribution >= 0.6 is 0 Å². The predicted octanol–water partition coefficient (Wildman–Crippen LogP) is 5.06. The number of benzene rings is 3. The van der Waals surface area contributed by atoms with Gasteiger partial charge in [0.05, 0.1) is 17.2 Å². The van der Waals surface area contributed by atoms with Crippen molar-refractivity contribution in [1.82, 2.24) is 10.2 Å². The fraction of sp³-hybridized carbons (Fsp3) is 0.355. The second-order valence-electron chi connectivity index (χ2n) is 9.89. The topological polar surface area (TPSA) is 96.0 Å². The highest BCUT2D eigenvalue weighted by molar-refractivity contribution is 7.92. The molecule has 41 heavy (non-hydrogen) atoms. The predicted molar refractivity (Wildman–Crippen MR) is 158 cm³/mol. The summed E-state index contributed by atoms with van der Waals surface area (Å²) in [6.07, 6.45) is 0.699. The SMILES string of the molecule is CCOc1ccc(N(CC(=O)N(Cc2ccc(F)cc2)C(C)C(=O)NC(C)CC)S(=O)(=O)c2ccc(C)cc2)cc1. The van der Waals surface area contributed by atoms with Gasteiger partial charge in [-0.1, -0.05) is 36.8 Å². The Morgan fingerprint density at radius 3 is 2.10 bits per heavy atom. The zero-order valence-electron chi connectivity index (χ0n) is 24.1. The normalized spacial score (nSPS) is 12.7. The number of amides is 2. The molecular formula is C31H38FN3O5S. The average molecular weight is 584 g/mol. The first kappa shape index (κ1) is 31.6. The molecule has 0 aromatic heterocycles. The van der Waals surface area contributed by atoms with Crippen LogP contribution in [0.4, 0.5) is 10.1 Å².